The number of rotatable bonds is 19. The number of carbonyl (C=O) groups excluding carboxylic acids is 1. The molecule has 1 N–H and O–H groups in total. The molecule has 0 radical (unpaired) electrons. The van der Waals surface area contributed by atoms with Gasteiger partial charge >= 0.3 is 0 Å². The third-order valence-corrected chi connectivity index (χ3v) is 17.9. The van der Waals surface area contributed by atoms with Crippen LogP contribution in [0.15, 0.2) is 100 Å². The molecule has 5 aromatic rings. The lowest BCUT2D eigenvalue weighted by atomic mass is 9.72. The van der Waals surface area contributed by atoms with Crippen LogP contribution in [0.4, 0.5) is 0 Å². The lowest BCUT2D eigenvalue weighted by Gasteiger charge is -2.49. The van der Waals surface area contributed by atoms with Crippen molar-refractivity contribution in [1.29, 1.82) is 0 Å². The molecule has 17 nitrogen and oxygen atoms in total. The van der Waals surface area contributed by atoms with Crippen LogP contribution in [0.3, 0.4) is 0 Å². The molecule has 18 heteroatoms. The van der Waals surface area contributed by atoms with Crippen LogP contribution in [-0.4, -0.2) is 131 Å². The number of fused-ring (bicyclic) bond motifs is 4. The number of hydrogen-bond donors (Lipinski definition) is 1. The molecule has 9 rings (SSSR count). The van der Waals surface area contributed by atoms with Crippen LogP contribution in [0, 0.1) is 18.8 Å². The molecule has 4 aromatic carbocycles. The number of aliphatic hydroxyl groups excluding tert-OH is 1. The van der Waals surface area contributed by atoms with Crippen molar-refractivity contribution in [2.24, 2.45) is 18.9 Å². The van der Waals surface area contributed by atoms with E-state index in [1.807, 2.05) is 66.0 Å². The summed E-state index contributed by atoms with van der Waals surface area (Å²) in [6.07, 6.45) is 4.85. The predicted octanol–water partition coefficient (Wildman–Crippen LogP) is 7.10. The van der Waals surface area contributed by atoms with E-state index in [4.69, 9.17) is 33.2 Å². The van der Waals surface area contributed by atoms with E-state index >= 15 is 4.79 Å². The number of aliphatic hydroxyl groups is 1. The standard InChI is InChI=1S/C57H71N5O12S/c1-9-37-35-59-21-19-38-29-49(69-5)51(71-7)33-45(38)47(59)27-40(37)28-48-46-34-52(72-8)50(70-6)30-39(46)20-22-61(48)56(64)53-31-41(55-36(2)58(3)62(57(55)65)42-13-11-10-12-14-42)32-54(74-53)73-26-24-60(23-25-63)75(66,67)44-17-15-43(68-4)16-18-44/h10-18,29-31,33-34,37,40-41,47-48,54,63H,9,19-28,32,35H2,1-8H3/t37-,40+,41-,47-,48+,54+/m0/s1. The van der Waals surface area contributed by atoms with Crippen molar-refractivity contribution in [3.63, 3.8) is 0 Å². The first-order valence-electron chi connectivity index (χ1n) is 25.9. The fraction of sp³-hybridized carbons (Fsp3) is 0.474. The van der Waals surface area contributed by atoms with Gasteiger partial charge in [0.15, 0.2) is 28.8 Å². The van der Waals surface area contributed by atoms with E-state index < -0.39 is 34.9 Å². The maximum absolute atomic E-state index is 15.7. The molecule has 0 aliphatic carbocycles. The smallest absolute Gasteiger partial charge is 0.289 e. The van der Waals surface area contributed by atoms with Crippen LogP contribution in [-0.2, 0) is 44.2 Å². The van der Waals surface area contributed by atoms with E-state index in [2.05, 4.69) is 24.0 Å². The zero-order valence-corrected chi connectivity index (χ0v) is 45.1. The van der Waals surface area contributed by atoms with Crippen LogP contribution >= 0.6 is 0 Å². The monoisotopic (exact) mass is 1050 g/mol. The molecule has 6 atom stereocenters. The van der Waals surface area contributed by atoms with Crippen molar-refractivity contribution in [3.8, 4) is 34.4 Å². The summed E-state index contributed by atoms with van der Waals surface area (Å²) in [7, 11) is 5.86. The maximum Gasteiger partial charge on any atom is 0.289 e. The van der Waals surface area contributed by atoms with Crippen LogP contribution in [0.25, 0.3) is 5.69 Å². The molecule has 0 bridgehead atoms. The van der Waals surface area contributed by atoms with Crippen LogP contribution in [0.5, 0.6) is 28.7 Å². The van der Waals surface area contributed by atoms with Crippen LogP contribution < -0.4 is 29.2 Å². The van der Waals surface area contributed by atoms with E-state index in [9.17, 15) is 18.3 Å². The summed E-state index contributed by atoms with van der Waals surface area (Å²) in [4.78, 5) is 35.0. The van der Waals surface area contributed by atoms with E-state index in [1.54, 1.807) is 51.3 Å². The summed E-state index contributed by atoms with van der Waals surface area (Å²) < 4.78 is 73.9. The number of carbonyl (C=O) groups is 1. The number of hydrogen-bond acceptors (Lipinski definition) is 13. The Morgan fingerprint density at radius 3 is 2.08 bits per heavy atom. The molecule has 4 aliphatic heterocycles. The second kappa shape index (κ2) is 22.9. The molecule has 0 saturated carbocycles. The van der Waals surface area contributed by atoms with Gasteiger partial charge in [0.05, 0.1) is 65.4 Å². The average molecular weight is 1050 g/mol. The highest BCUT2D eigenvalue weighted by molar-refractivity contribution is 7.89. The van der Waals surface area contributed by atoms with E-state index in [-0.39, 0.29) is 60.2 Å². The topological polar surface area (TPSA) is 173 Å². The van der Waals surface area contributed by atoms with E-state index in [0.717, 1.165) is 53.5 Å². The Morgan fingerprint density at radius 2 is 1.44 bits per heavy atom. The lowest BCUT2D eigenvalue weighted by molar-refractivity contribution is -0.155. The first kappa shape index (κ1) is 53.5. The number of benzene rings is 4. The molecule has 1 fully saturated rings. The van der Waals surface area contributed by atoms with Crippen molar-refractivity contribution in [2.45, 2.75) is 81.6 Å². The highest BCUT2D eigenvalue weighted by atomic mass is 32.2. The molecule has 0 spiro atoms. The van der Waals surface area contributed by atoms with Gasteiger partial charge in [-0.3, -0.25) is 19.2 Å². The summed E-state index contributed by atoms with van der Waals surface area (Å²) >= 11 is 0. The number of amides is 1. The molecular formula is C57H71N5O12S. The van der Waals surface area contributed by atoms with E-state index in [1.165, 1.54) is 30.4 Å². The molecule has 5 heterocycles. The minimum Gasteiger partial charge on any atom is -0.497 e. The molecule has 1 aromatic heterocycles. The van der Waals surface area contributed by atoms with Crippen LogP contribution in [0.1, 0.15) is 84.1 Å². The highest BCUT2D eigenvalue weighted by Crippen LogP contribution is 2.50. The van der Waals surface area contributed by atoms with Gasteiger partial charge in [-0.1, -0.05) is 31.5 Å². The third-order valence-electron chi connectivity index (χ3n) is 16.0. The molecule has 1 saturated heterocycles. The third kappa shape index (κ3) is 10.5. The Bertz CT molecular complexity index is 3050. The zero-order chi connectivity index (χ0) is 53.1. The number of methoxy groups -OCH3 is 5. The predicted molar refractivity (Wildman–Crippen MR) is 283 cm³/mol. The van der Waals surface area contributed by atoms with Crippen molar-refractivity contribution in [2.75, 3.05) is 81.5 Å². The number of sulfonamides is 1. The van der Waals surface area contributed by atoms with Gasteiger partial charge in [-0.25, -0.2) is 13.1 Å². The molecule has 402 valence electrons. The van der Waals surface area contributed by atoms with Gasteiger partial charge in [-0.2, -0.15) is 4.31 Å². The lowest BCUT2D eigenvalue weighted by Crippen LogP contribution is -2.48. The first-order chi connectivity index (χ1) is 36.3. The van der Waals surface area contributed by atoms with Gasteiger partial charge in [-0.15, -0.1) is 0 Å². The number of piperidine rings is 1. The second-order valence-electron chi connectivity index (χ2n) is 19.8. The SMILES string of the molecule is CC[C@H]1CN2CCc3cc(OC)c(OC)cc3[C@@H]2C[C@@H]1C[C@@H]1c2cc(OC)c(OC)cc2CCN1C(=O)C1=C[C@H](c2c(C)n(C)n(-c3ccccc3)c2=O)C[C@H](OCCN(CCO)S(=O)(=O)c2ccc(OC)cc2)O1. The largest absolute Gasteiger partial charge is 0.497 e. The van der Waals surface area contributed by atoms with Crippen LogP contribution in [0.2, 0.25) is 0 Å². The summed E-state index contributed by atoms with van der Waals surface area (Å²) in [6, 6.07) is 23.5. The molecule has 0 unspecified atom stereocenters. The Hall–Kier alpha value is -6.31. The summed E-state index contributed by atoms with van der Waals surface area (Å²) in [5.74, 6) is 2.75. The number of allylic oxidation sites excluding steroid dienone is 1. The van der Waals surface area contributed by atoms with Crippen molar-refractivity contribution >= 4 is 15.9 Å². The minimum absolute atomic E-state index is 0.0322. The normalized spacial score (nSPS) is 21.6. The van der Waals surface area contributed by atoms with Gasteiger partial charge in [0.25, 0.3) is 11.5 Å². The van der Waals surface area contributed by atoms with Crippen molar-refractivity contribution < 1.29 is 51.5 Å². The van der Waals surface area contributed by atoms with E-state index in [0.29, 0.717) is 65.2 Å². The summed E-state index contributed by atoms with van der Waals surface area (Å²) in [5.41, 5.74) is 6.21. The van der Waals surface area contributed by atoms with Gasteiger partial charge in [0, 0.05) is 69.4 Å². The fourth-order valence-electron chi connectivity index (χ4n) is 12.0. The quantitative estimate of drug-likeness (QED) is 0.0889. The van der Waals surface area contributed by atoms with Gasteiger partial charge in [0.2, 0.25) is 16.3 Å². The van der Waals surface area contributed by atoms with Gasteiger partial charge < -0.3 is 43.2 Å². The average Bonchev–Trinajstić information content (AvgIpc) is 3.67. The van der Waals surface area contributed by atoms with Crippen molar-refractivity contribution in [3.05, 3.63) is 135 Å². The fourth-order valence-corrected chi connectivity index (χ4v) is 13.4. The second-order valence-corrected chi connectivity index (χ2v) is 21.7. The molecule has 75 heavy (non-hydrogen) atoms. The minimum atomic E-state index is -4.06. The summed E-state index contributed by atoms with van der Waals surface area (Å²) in [5, 5.41) is 10.0. The number of nitrogens with zero attached hydrogens (tertiary/aromatic N) is 5. The maximum atomic E-state index is 15.7. The molecule has 4 aliphatic rings. The Morgan fingerprint density at radius 1 is 0.800 bits per heavy atom. The zero-order valence-electron chi connectivity index (χ0n) is 44.3. The van der Waals surface area contributed by atoms with Gasteiger partial charge in [-0.05, 0) is 133 Å². The highest BCUT2D eigenvalue weighted by Gasteiger charge is 2.44. The van der Waals surface area contributed by atoms with Gasteiger partial charge in [0.1, 0.15) is 5.75 Å². The first-order valence-corrected chi connectivity index (χ1v) is 27.3. The Balaban J connectivity index is 1.07. The molecule has 1 amide bonds. The Labute approximate surface area is 440 Å². The number of ether oxygens (including phenoxy) is 7. The number of para-hydroxylation sites is 1. The van der Waals surface area contributed by atoms with Crippen molar-refractivity contribution in [1.82, 2.24) is 23.5 Å². The molecular weight excluding hydrogens is 979 g/mol. The Kier molecular flexibility index (Phi) is 16.3. The number of aromatic nitrogens is 2. The summed E-state index contributed by atoms with van der Waals surface area (Å²) in [6.45, 7) is 5.51.